The lowest BCUT2D eigenvalue weighted by Crippen LogP contribution is -2.49. The van der Waals surface area contributed by atoms with Crippen LogP contribution < -0.4 is 4.74 Å². The molecule has 2 aromatic rings. The van der Waals surface area contributed by atoms with Crippen LogP contribution in [-0.2, 0) is 11.3 Å². The highest BCUT2D eigenvalue weighted by molar-refractivity contribution is 5.72. The largest absolute Gasteiger partial charge is 0.492 e. The molecule has 180 valence electrons. The van der Waals surface area contributed by atoms with E-state index in [1.807, 2.05) is 42.5 Å². The Kier molecular flexibility index (Phi) is 8.04. The second-order valence-electron chi connectivity index (χ2n) is 8.45. The topological polar surface area (TPSA) is 82.6 Å². The summed E-state index contributed by atoms with van der Waals surface area (Å²) in [5, 5.41) is 9.02. The second-order valence-corrected chi connectivity index (χ2v) is 8.45. The summed E-state index contributed by atoms with van der Waals surface area (Å²) in [6, 6.07) is 17.7. The molecule has 4 rings (SSSR count). The average molecular weight is 466 g/mol. The zero-order valence-corrected chi connectivity index (χ0v) is 19.3. The Bertz CT molecular complexity index is 985. The number of nitrogens with zero attached hydrogens (tertiary/aromatic N) is 3. The summed E-state index contributed by atoms with van der Waals surface area (Å²) < 4.78 is 11.3. The summed E-state index contributed by atoms with van der Waals surface area (Å²) in [4.78, 5) is 28.7. The van der Waals surface area contributed by atoms with Crippen molar-refractivity contribution in [3.05, 3.63) is 71.8 Å². The number of ether oxygens (including phenoxy) is 2. The molecule has 1 N–H and O–H groups in total. The average Bonchev–Trinajstić information content (AvgIpc) is 2.89. The highest BCUT2D eigenvalue weighted by atomic mass is 16.6. The molecule has 0 aliphatic carbocycles. The van der Waals surface area contributed by atoms with Crippen molar-refractivity contribution in [3.63, 3.8) is 0 Å². The third-order valence-corrected chi connectivity index (χ3v) is 6.22. The molecule has 34 heavy (non-hydrogen) atoms. The summed E-state index contributed by atoms with van der Waals surface area (Å²) >= 11 is 0. The fourth-order valence-electron chi connectivity index (χ4n) is 4.13. The van der Waals surface area contributed by atoms with Gasteiger partial charge in [0.15, 0.2) is 0 Å². The van der Waals surface area contributed by atoms with Gasteiger partial charge in [0, 0.05) is 45.8 Å². The van der Waals surface area contributed by atoms with Crippen LogP contribution in [0.4, 0.5) is 9.59 Å². The van der Waals surface area contributed by atoms with E-state index in [-0.39, 0.29) is 12.7 Å². The monoisotopic (exact) mass is 465 g/mol. The summed E-state index contributed by atoms with van der Waals surface area (Å²) in [6.45, 7) is 5.35. The van der Waals surface area contributed by atoms with Crippen molar-refractivity contribution in [1.82, 2.24) is 14.7 Å². The van der Waals surface area contributed by atoms with Gasteiger partial charge in [-0.3, -0.25) is 4.90 Å². The number of carbonyl (C=O) groups is 2. The summed E-state index contributed by atoms with van der Waals surface area (Å²) in [5.41, 5.74) is 3.33. The van der Waals surface area contributed by atoms with Crippen molar-refractivity contribution in [3.8, 4) is 5.75 Å². The lowest BCUT2D eigenvalue weighted by atomic mass is 9.99. The number of hydrogen-bond donors (Lipinski definition) is 1. The number of carboxylic acid groups (broad SMARTS) is 1. The van der Waals surface area contributed by atoms with Crippen LogP contribution in [0.2, 0.25) is 0 Å². The molecule has 0 aromatic heterocycles. The molecule has 8 nitrogen and oxygen atoms in total. The number of rotatable bonds is 7. The van der Waals surface area contributed by atoms with Gasteiger partial charge >= 0.3 is 12.2 Å². The smallest absolute Gasteiger partial charge is 0.410 e. The van der Waals surface area contributed by atoms with E-state index in [9.17, 15) is 9.59 Å². The third kappa shape index (κ3) is 6.51. The Balaban J connectivity index is 1.18. The number of carbonyl (C=O) groups excluding carboxylic acids is 1. The molecule has 8 heteroatoms. The van der Waals surface area contributed by atoms with Crippen molar-refractivity contribution >= 4 is 17.8 Å². The number of benzene rings is 2. The molecule has 2 amide bonds. The molecule has 1 fully saturated rings. The van der Waals surface area contributed by atoms with Crippen LogP contribution >= 0.6 is 0 Å². The SMILES string of the molecule is O=C(O)N1CCN(CCOc2ccc(C3=CCN(C(=O)OCc4ccccc4)CC3)cc2)CC1. The minimum atomic E-state index is -0.847. The highest BCUT2D eigenvalue weighted by Gasteiger charge is 2.21. The minimum Gasteiger partial charge on any atom is -0.492 e. The van der Waals surface area contributed by atoms with Gasteiger partial charge in [-0.15, -0.1) is 0 Å². The van der Waals surface area contributed by atoms with Gasteiger partial charge in [-0.25, -0.2) is 9.59 Å². The molecule has 2 aromatic carbocycles. The molecule has 2 aliphatic heterocycles. The van der Waals surface area contributed by atoms with Crippen LogP contribution in [0.15, 0.2) is 60.7 Å². The Morgan fingerprint density at radius 2 is 1.62 bits per heavy atom. The van der Waals surface area contributed by atoms with Gasteiger partial charge in [-0.2, -0.15) is 0 Å². The van der Waals surface area contributed by atoms with E-state index in [0.29, 0.717) is 32.8 Å². The Morgan fingerprint density at radius 1 is 0.882 bits per heavy atom. The fourth-order valence-corrected chi connectivity index (χ4v) is 4.13. The lowest BCUT2D eigenvalue weighted by Gasteiger charge is -2.32. The summed E-state index contributed by atoms with van der Waals surface area (Å²) in [7, 11) is 0. The highest BCUT2D eigenvalue weighted by Crippen LogP contribution is 2.25. The first-order chi connectivity index (χ1) is 16.6. The summed E-state index contributed by atoms with van der Waals surface area (Å²) in [5.74, 6) is 0.815. The van der Waals surface area contributed by atoms with Gasteiger partial charge in [0.05, 0.1) is 0 Å². The van der Waals surface area contributed by atoms with E-state index in [1.165, 1.54) is 10.5 Å². The number of hydrogen-bond acceptors (Lipinski definition) is 5. The Hall–Kier alpha value is -3.52. The van der Waals surface area contributed by atoms with Gasteiger partial charge in [0.2, 0.25) is 0 Å². The Labute approximate surface area is 200 Å². The summed E-state index contributed by atoms with van der Waals surface area (Å²) in [6.07, 6.45) is 1.73. The first-order valence-electron chi connectivity index (χ1n) is 11.7. The molecule has 0 unspecified atom stereocenters. The van der Waals surface area contributed by atoms with Crippen molar-refractivity contribution in [2.45, 2.75) is 13.0 Å². The van der Waals surface area contributed by atoms with Crippen LogP contribution in [0.3, 0.4) is 0 Å². The molecule has 2 aliphatic rings. The van der Waals surface area contributed by atoms with Crippen LogP contribution in [0.1, 0.15) is 17.5 Å². The minimum absolute atomic E-state index is 0.284. The van der Waals surface area contributed by atoms with E-state index in [4.69, 9.17) is 14.6 Å². The van der Waals surface area contributed by atoms with Crippen molar-refractivity contribution in [1.29, 1.82) is 0 Å². The lowest BCUT2D eigenvalue weighted by molar-refractivity contribution is 0.0983. The van der Waals surface area contributed by atoms with Gasteiger partial charge in [-0.1, -0.05) is 48.5 Å². The molecule has 0 radical (unpaired) electrons. The van der Waals surface area contributed by atoms with Gasteiger partial charge in [-0.05, 0) is 35.3 Å². The van der Waals surface area contributed by atoms with Crippen LogP contribution in [0.25, 0.3) is 5.57 Å². The van der Waals surface area contributed by atoms with Gasteiger partial charge < -0.3 is 24.4 Å². The molecule has 0 bridgehead atoms. The fraction of sp³-hybridized carbons (Fsp3) is 0.385. The predicted molar refractivity (Wildman–Crippen MR) is 129 cm³/mol. The maximum atomic E-state index is 12.3. The zero-order chi connectivity index (χ0) is 23.8. The third-order valence-electron chi connectivity index (χ3n) is 6.22. The molecule has 0 saturated carbocycles. The number of amides is 2. The van der Waals surface area contributed by atoms with Crippen molar-refractivity contribution in [2.24, 2.45) is 0 Å². The van der Waals surface area contributed by atoms with E-state index in [2.05, 4.69) is 23.1 Å². The van der Waals surface area contributed by atoms with E-state index in [1.54, 1.807) is 4.90 Å². The van der Waals surface area contributed by atoms with E-state index < -0.39 is 6.09 Å². The molecular weight excluding hydrogens is 434 g/mol. The molecular formula is C26H31N3O5. The first kappa shape index (κ1) is 23.6. The normalized spacial score (nSPS) is 16.6. The molecule has 0 atom stereocenters. The predicted octanol–water partition coefficient (Wildman–Crippen LogP) is 3.79. The maximum absolute atomic E-state index is 12.3. The molecule has 1 saturated heterocycles. The number of piperazine rings is 1. The Morgan fingerprint density at radius 3 is 2.26 bits per heavy atom. The maximum Gasteiger partial charge on any atom is 0.410 e. The standard InChI is InChI=1S/C26H31N3O5/c30-25(31)28-16-14-27(15-17-28)18-19-33-24-8-6-22(7-9-24)23-10-12-29(13-11-23)26(32)34-20-21-4-2-1-3-5-21/h1-10H,11-20H2,(H,30,31). The second kappa shape index (κ2) is 11.6. The van der Waals surface area contributed by atoms with Gasteiger partial charge in [0.25, 0.3) is 0 Å². The van der Waals surface area contributed by atoms with E-state index in [0.717, 1.165) is 42.9 Å². The van der Waals surface area contributed by atoms with Crippen LogP contribution in [0, 0.1) is 0 Å². The molecule has 2 heterocycles. The van der Waals surface area contributed by atoms with E-state index >= 15 is 0 Å². The van der Waals surface area contributed by atoms with Gasteiger partial charge in [0.1, 0.15) is 19.0 Å². The quantitative estimate of drug-likeness (QED) is 0.670. The molecule has 0 spiro atoms. The zero-order valence-electron chi connectivity index (χ0n) is 19.3. The van der Waals surface area contributed by atoms with Crippen molar-refractivity contribution < 1.29 is 24.2 Å². The van der Waals surface area contributed by atoms with Crippen molar-refractivity contribution in [2.75, 3.05) is 52.4 Å². The van der Waals surface area contributed by atoms with Crippen LogP contribution in [-0.4, -0.2) is 84.4 Å². The first-order valence-corrected chi connectivity index (χ1v) is 11.7. The van der Waals surface area contributed by atoms with Crippen LogP contribution in [0.5, 0.6) is 5.75 Å².